The SMILES string of the molecule is C.Cc1n[c-]n(C)n1.Cc1n[c-]n(C)n1.Cc1n[c-]n(C)n1.Cc1nc(C)n(C)n1.Cn1[c-]n[c-]n1.[W].[W].[Y].[Y].[Y]. The summed E-state index contributed by atoms with van der Waals surface area (Å²) in [6.45, 7) is 9.30. The van der Waals surface area contributed by atoms with Gasteiger partial charge in [-0.3, -0.25) is 26.3 Å². The molecule has 0 saturated heterocycles. The molecule has 0 atom stereocenters. The van der Waals surface area contributed by atoms with E-state index in [0.29, 0.717) is 0 Å². The molecular formula is C21H34N15W2Y3-5. The molecule has 0 spiro atoms. The Labute approximate surface area is 347 Å². The Balaban J connectivity index is -0.0000000903. The monoisotopic (exact) mass is 1130 g/mol. The van der Waals surface area contributed by atoms with E-state index < -0.39 is 0 Å². The fraction of sp³-hybridized carbons (Fsp3) is 0.524. The molecule has 41 heavy (non-hydrogen) atoms. The number of hydrogen-bond acceptors (Lipinski definition) is 10. The topological polar surface area (TPSA) is 154 Å². The molecule has 0 aromatic carbocycles. The summed E-state index contributed by atoms with van der Waals surface area (Å²) in [6.07, 6.45) is 12.7. The van der Waals surface area contributed by atoms with Gasteiger partial charge >= 0.3 is 0 Å². The van der Waals surface area contributed by atoms with Gasteiger partial charge in [0.15, 0.2) is 0 Å². The Morgan fingerprint density at radius 1 is 0.512 bits per heavy atom. The molecule has 5 aromatic rings. The van der Waals surface area contributed by atoms with Crippen LogP contribution in [-0.2, 0) is 175 Å². The van der Waals surface area contributed by atoms with Crippen molar-refractivity contribution in [1.29, 1.82) is 0 Å². The van der Waals surface area contributed by atoms with Crippen LogP contribution in [0.3, 0.4) is 0 Å². The van der Waals surface area contributed by atoms with Gasteiger partial charge in [-0.25, -0.2) is 4.98 Å². The van der Waals surface area contributed by atoms with Gasteiger partial charge in [-0.1, -0.05) is 28.2 Å². The summed E-state index contributed by atoms with van der Waals surface area (Å²) in [5.74, 6) is 4.10. The zero-order valence-corrected chi connectivity index (χ0v) is 38.6. The van der Waals surface area contributed by atoms with E-state index in [4.69, 9.17) is 0 Å². The van der Waals surface area contributed by atoms with E-state index in [9.17, 15) is 0 Å². The van der Waals surface area contributed by atoms with Gasteiger partial charge < -0.3 is 50.1 Å². The van der Waals surface area contributed by atoms with Gasteiger partial charge in [-0.05, 0) is 57.4 Å². The Kier molecular flexibility index (Phi) is 40.0. The van der Waals surface area contributed by atoms with Gasteiger partial charge in [-0.2, -0.15) is 5.10 Å². The van der Waals surface area contributed by atoms with Crippen LogP contribution in [0, 0.1) is 66.3 Å². The maximum absolute atomic E-state index is 4.06. The second-order valence-electron chi connectivity index (χ2n) is 6.91. The Morgan fingerprint density at radius 2 is 0.878 bits per heavy atom. The van der Waals surface area contributed by atoms with Crippen molar-refractivity contribution >= 4 is 0 Å². The molecule has 3 radical (unpaired) electrons. The molecule has 5 aromatic heterocycles. The average molecular weight is 1130 g/mol. The van der Waals surface area contributed by atoms with Crippen molar-refractivity contribution < 1.29 is 140 Å². The normalized spacial score (nSPS) is 8.05. The summed E-state index contributed by atoms with van der Waals surface area (Å²) < 4.78 is 7.87. The van der Waals surface area contributed by atoms with E-state index in [0.717, 1.165) is 29.1 Å². The van der Waals surface area contributed by atoms with Crippen molar-refractivity contribution in [2.75, 3.05) is 0 Å². The van der Waals surface area contributed by atoms with Gasteiger partial charge in [0.05, 0.1) is 0 Å². The van der Waals surface area contributed by atoms with Crippen LogP contribution >= 0.6 is 0 Å². The molecule has 0 bridgehead atoms. The van der Waals surface area contributed by atoms with Crippen molar-refractivity contribution in [2.45, 2.75) is 42.0 Å². The number of aromatic nitrogens is 15. The summed E-state index contributed by atoms with van der Waals surface area (Å²) in [7, 11) is 9.00. The second-order valence-corrected chi connectivity index (χ2v) is 6.91. The summed E-state index contributed by atoms with van der Waals surface area (Å²) in [5.41, 5.74) is 0. The third kappa shape index (κ3) is 27.7. The van der Waals surface area contributed by atoms with Crippen LogP contribution in [0.25, 0.3) is 0 Å². The average Bonchev–Trinajstić information content (AvgIpc) is 3.59. The molecule has 0 aliphatic rings. The van der Waals surface area contributed by atoms with E-state index in [1.54, 1.807) is 46.9 Å². The maximum Gasteiger partial charge on any atom is 0.147 e. The van der Waals surface area contributed by atoms with Crippen molar-refractivity contribution in [2.24, 2.45) is 35.2 Å². The zero-order valence-electron chi connectivity index (χ0n) is 24.3. The molecule has 15 nitrogen and oxygen atoms in total. The molecule has 0 aliphatic carbocycles. The smallest absolute Gasteiger partial charge is 0.147 e. The second kappa shape index (κ2) is 30.4. The summed E-state index contributed by atoms with van der Waals surface area (Å²) in [6, 6.07) is 0. The van der Waals surface area contributed by atoms with Crippen molar-refractivity contribution in [3.63, 3.8) is 0 Å². The Bertz CT molecular complexity index is 1080. The molecule has 5 heterocycles. The van der Waals surface area contributed by atoms with Crippen LogP contribution < -0.4 is 0 Å². The number of nitrogens with zero attached hydrogens (tertiary/aromatic N) is 15. The van der Waals surface area contributed by atoms with Crippen LogP contribution in [0.5, 0.6) is 0 Å². The summed E-state index contributed by atoms with van der Waals surface area (Å²) in [5, 5.41) is 19.1. The van der Waals surface area contributed by atoms with Crippen molar-refractivity contribution in [1.82, 2.24) is 73.8 Å². The third-order valence-electron chi connectivity index (χ3n) is 3.48. The molecular weight excluding hydrogens is 1100 g/mol. The van der Waals surface area contributed by atoms with Crippen molar-refractivity contribution in [3.05, 3.63) is 60.8 Å². The summed E-state index contributed by atoms with van der Waals surface area (Å²) in [4.78, 5) is 18.7. The minimum absolute atomic E-state index is 0. The predicted octanol–water partition coefficient (Wildman–Crippen LogP) is 0.242. The van der Waals surface area contributed by atoms with Crippen LogP contribution in [0.2, 0.25) is 0 Å². The quantitative estimate of drug-likeness (QED) is 0.198. The Morgan fingerprint density at radius 3 is 0.951 bits per heavy atom. The van der Waals surface area contributed by atoms with Gasteiger partial charge in [-0.15, -0.1) is 0 Å². The minimum Gasteiger partial charge on any atom is -0.638 e. The van der Waals surface area contributed by atoms with Gasteiger partial charge in [0, 0.05) is 168 Å². The van der Waals surface area contributed by atoms with Crippen LogP contribution in [-0.4, -0.2) is 73.8 Å². The fourth-order valence-corrected chi connectivity index (χ4v) is 2.04. The predicted molar refractivity (Wildman–Crippen MR) is 130 cm³/mol. The van der Waals surface area contributed by atoms with Crippen LogP contribution in [0.4, 0.5) is 0 Å². The van der Waals surface area contributed by atoms with Gasteiger partial charge in [0.2, 0.25) is 0 Å². The molecule has 20 heteroatoms. The van der Waals surface area contributed by atoms with E-state index in [1.807, 2.05) is 41.7 Å². The first-order valence-electron chi connectivity index (χ1n) is 10.2. The largest absolute Gasteiger partial charge is 0.638 e. The molecule has 0 fully saturated rings. The first kappa shape index (κ1) is 53.9. The van der Waals surface area contributed by atoms with Crippen molar-refractivity contribution in [3.8, 4) is 0 Å². The number of hydrogen-bond donors (Lipinski definition) is 0. The number of rotatable bonds is 0. The third-order valence-corrected chi connectivity index (χ3v) is 3.48. The fourth-order valence-electron chi connectivity index (χ4n) is 2.04. The molecule has 0 amide bonds. The van der Waals surface area contributed by atoms with Crippen LogP contribution in [0.1, 0.15) is 36.5 Å². The molecule has 0 saturated carbocycles. The van der Waals surface area contributed by atoms with E-state index >= 15 is 0 Å². The molecule has 219 valence electrons. The molecule has 0 N–H and O–H groups in total. The standard InChI is InChI=1S/C5H9N3.3C4H6N3.C3H3N3.CH4.2W.3Y/c1-4-6-5(2)8(3)7-4;3*1-4-5-3-7(2)6-4;1-6-3-4-2-5-6;;;;;;/h1-3H3;3*1-2H3;1H3;1H4;;;;;/q;3*-1;-2;;;;;;. The Hall–Kier alpha value is 0.388. The van der Waals surface area contributed by atoms with Crippen LogP contribution in [0.15, 0.2) is 0 Å². The first-order valence-corrected chi connectivity index (χ1v) is 10.2. The minimum atomic E-state index is 0. The first-order chi connectivity index (χ1) is 16.5. The maximum atomic E-state index is 4.06. The van der Waals surface area contributed by atoms with E-state index in [-0.39, 0.29) is 148 Å². The van der Waals surface area contributed by atoms with Gasteiger partial charge in [0.25, 0.3) is 0 Å². The zero-order chi connectivity index (χ0) is 26.4. The van der Waals surface area contributed by atoms with E-state index in [2.05, 4.69) is 82.0 Å². The molecule has 5 rings (SSSR count). The molecule has 0 aliphatic heterocycles. The van der Waals surface area contributed by atoms with Gasteiger partial charge in [0.1, 0.15) is 11.6 Å². The molecule has 0 unspecified atom stereocenters. The summed E-state index contributed by atoms with van der Waals surface area (Å²) >= 11 is 0. The van der Waals surface area contributed by atoms with E-state index in [1.165, 1.54) is 4.68 Å². The number of aryl methyl sites for hydroxylation is 10.